The molecule has 1 aromatic heterocycles. The molecule has 0 aliphatic carbocycles. The average molecular weight is 435 g/mol. The number of benzene rings is 1. The largest absolute Gasteiger partial charge is 0.441 e. The van der Waals surface area contributed by atoms with Crippen molar-refractivity contribution in [1.82, 2.24) is 14.8 Å². The number of aryl methyl sites for hydroxylation is 1. The van der Waals surface area contributed by atoms with Gasteiger partial charge in [-0.15, -0.1) is 0 Å². The molecular weight excluding hydrogens is 411 g/mol. The second-order valence-corrected chi connectivity index (χ2v) is 8.32. The Bertz CT molecular complexity index is 898. The number of halogens is 2. The van der Waals surface area contributed by atoms with Gasteiger partial charge in [0.25, 0.3) is 0 Å². The topological polar surface area (TPSA) is 73.4 Å². The molecular formula is C21H24Cl2N4O2. The van der Waals surface area contributed by atoms with Gasteiger partial charge in [-0.3, -0.25) is 9.69 Å². The summed E-state index contributed by atoms with van der Waals surface area (Å²) in [6.07, 6.45) is 2.37. The summed E-state index contributed by atoms with van der Waals surface area (Å²) < 4.78 is 5.76. The van der Waals surface area contributed by atoms with E-state index >= 15 is 0 Å². The summed E-state index contributed by atoms with van der Waals surface area (Å²) in [5, 5.41) is 10.4. The maximum Gasteiger partial charge on any atom is 0.223 e. The molecule has 1 fully saturated rings. The van der Waals surface area contributed by atoms with Crippen LogP contribution in [0.3, 0.4) is 0 Å². The summed E-state index contributed by atoms with van der Waals surface area (Å²) in [5.74, 6) is 1.41. The molecule has 154 valence electrons. The highest BCUT2D eigenvalue weighted by atomic mass is 35.5. The number of nitrogens with zero attached hydrogens (tertiary/aromatic N) is 4. The molecule has 29 heavy (non-hydrogen) atoms. The van der Waals surface area contributed by atoms with Gasteiger partial charge in [0.05, 0.1) is 17.3 Å². The molecule has 0 N–H and O–H groups in total. The lowest BCUT2D eigenvalue weighted by Crippen LogP contribution is -2.52. The van der Waals surface area contributed by atoms with Gasteiger partial charge in [0.15, 0.2) is 11.7 Å². The summed E-state index contributed by atoms with van der Waals surface area (Å²) >= 11 is 12.1. The third-order valence-electron chi connectivity index (χ3n) is 5.13. The van der Waals surface area contributed by atoms with Gasteiger partial charge in [-0.25, -0.2) is 4.98 Å². The summed E-state index contributed by atoms with van der Waals surface area (Å²) in [7, 11) is 0. The summed E-state index contributed by atoms with van der Waals surface area (Å²) in [4.78, 5) is 20.8. The van der Waals surface area contributed by atoms with Crippen molar-refractivity contribution >= 4 is 29.1 Å². The van der Waals surface area contributed by atoms with Crippen molar-refractivity contribution < 1.29 is 9.21 Å². The van der Waals surface area contributed by atoms with Crippen molar-refractivity contribution in [2.24, 2.45) is 5.92 Å². The van der Waals surface area contributed by atoms with E-state index in [0.29, 0.717) is 47.6 Å². The van der Waals surface area contributed by atoms with Gasteiger partial charge in [0.2, 0.25) is 5.91 Å². The highest BCUT2D eigenvalue weighted by molar-refractivity contribution is 6.36. The van der Waals surface area contributed by atoms with Gasteiger partial charge in [0.1, 0.15) is 6.04 Å². The molecule has 6 nitrogen and oxygen atoms in total. The maximum atomic E-state index is 12.6. The maximum absolute atomic E-state index is 12.6. The number of piperazine rings is 1. The number of amides is 1. The summed E-state index contributed by atoms with van der Waals surface area (Å²) in [5.41, 5.74) is 0.717. The minimum absolute atomic E-state index is 0.0759. The molecule has 0 radical (unpaired) electrons. The van der Waals surface area contributed by atoms with E-state index in [1.165, 1.54) is 0 Å². The molecule has 2 heterocycles. The highest BCUT2D eigenvalue weighted by Crippen LogP contribution is 2.30. The van der Waals surface area contributed by atoms with Crippen LogP contribution in [0.25, 0.3) is 11.3 Å². The molecule has 8 heteroatoms. The molecule has 0 saturated carbocycles. The normalized spacial score (nSPS) is 16.1. The standard InChI is InChI=1S/C21H24Cl2N4O2/c1-14(2)18(12-24)26-7-9-27(10-8-26)21(28)6-5-20-25-13-19(29-20)16-4-3-15(22)11-17(16)23/h3-4,11,13-14,18H,5-10H2,1-2H3. The van der Waals surface area contributed by atoms with Gasteiger partial charge in [-0.1, -0.05) is 37.0 Å². The van der Waals surface area contributed by atoms with Crippen LogP contribution in [0.15, 0.2) is 28.8 Å². The Morgan fingerprint density at radius 2 is 2.00 bits per heavy atom. The average Bonchev–Trinajstić information content (AvgIpc) is 3.15. The number of rotatable bonds is 6. The molecule has 1 saturated heterocycles. The third-order valence-corrected chi connectivity index (χ3v) is 5.67. The number of hydrogen-bond acceptors (Lipinski definition) is 5. The van der Waals surface area contributed by atoms with Gasteiger partial charge in [-0.05, 0) is 24.1 Å². The van der Waals surface area contributed by atoms with E-state index in [0.717, 1.165) is 18.7 Å². The molecule has 1 atom stereocenters. The molecule has 3 rings (SSSR count). The number of hydrogen-bond donors (Lipinski definition) is 0. The van der Waals surface area contributed by atoms with E-state index in [1.807, 2.05) is 18.7 Å². The van der Waals surface area contributed by atoms with Gasteiger partial charge < -0.3 is 9.32 Å². The Labute approximate surface area is 181 Å². The Hall–Kier alpha value is -2.07. The summed E-state index contributed by atoms with van der Waals surface area (Å²) in [6.45, 7) is 6.82. The molecule has 1 unspecified atom stereocenters. The van der Waals surface area contributed by atoms with Crippen molar-refractivity contribution in [3.8, 4) is 17.4 Å². The summed E-state index contributed by atoms with van der Waals surface area (Å²) in [6, 6.07) is 7.45. The molecule has 1 aromatic carbocycles. The minimum atomic E-state index is -0.0994. The fourth-order valence-electron chi connectivity index (χ4n) is 3.51. The molecule has 1 amide bonds. The predicted octanol–water partition coefficient (Wildman–Crippen LogP) is 4.27. The van der Waals surface area contributed by atoms with E-state index in [9.17, 15) is 10.1 Å². The highest BCUT2D eigenvalue weighted by Gasteiger charge is 2.27. The van der Waals surface area contributed by atoms with Crippen LogP contribution in [0.1, 0.15) is 26.2 Å². The number of nitriles is 1. The lowest BCUT2D eigenvalue weighted by molar-refractivity contribution is -0.133. The molecule has 2 aromatic rings. The van der Waals surface area contributed by atoms with Crippen molar-refractivity contribution in [2.45, 2.75) is 32.7 Å². The van der Waals surface area contributed by atoms with Crippen molar-refractivity contribution in [3.63, 3.8) is 0 Å². The van der Waals surface area contributed by atoms with Crippen LogP contribution in [0, 0.1) is 17.2 Å². The van der Waals surface area contributed by atoms with Crippen molar-refractivity contribution in [1.29, 1.82) is 5.26 Å². The van der Waals surface area contributed by atoms with Crippen LogP contribution in [-0.2, 0) is 11.2 Å². The minimum Gasteiger partial charge on any atom is -0.441 e. The van der Waals surface area contributed by atoms with Gasteiger partial charge in [-0.2, -0.15) is 5.26 Å². The monoisotopic (exact) mass is 434 g/mol. The molecule has 0 spiro atoms. The smallest absolute Gasteiger partial charge is 0.223 e. The Kier molecular flexibility index (Phi) is 7.18. The number of carbonyl (C=O) groups is 1. The lowest BCUT2D eigenvalue weighted by Gasteiger charge is -2.38. The molecule has 1 aliphatic heterocycles. The van der Waals surface area contributed by atoms with E-state index in [2.05, 4.69) is 16.0 Å². The SMILES string of the molecule is CC(C)C(C#N)N1CCN(C(=O)CCc2ncc(-c3ccc(Cl)cc3Cl)o2)CC1. The Morgan fingerprint density at radius 3 is 2.62 bits per heavy atom. The fraction of sp³-hybridized carbons (Fsp3) is 0.476. The second-order valence-electron chi connectivity index (χ2n) is 7.48. The predicted molar refractivity (Wildman–Crippen MR) is 113 cm³/mol. The van der Waals surface area contributed by atoms with Crippen molar-refractivity contribution in [2.75, 3.05) is 26.2 Å². The van der Waals surface area contributed by atoms with Gasteiger partial charge in [0, 0.05) is 49.6 Å². The van der Waals surface area contributed by atoms with Crippen molar-refractivity contribution in [3.05, 3.63) is 40.3 Å². The first-order chi connectivity index (χ1) is 13.9. The Balaban J connectivity index is 1.52. The van der Waals surface area contributed by atoms with E-state index in [-0.39, 0.29) is 17.9 Å². The number of carbonyl (C=O) groups excluding carboxylic acids is 1. The van der Waals surface area contributed by atoms with Crippen LogP contribution in [0.2, 0.25) is 10.0 Å². The van der Waals surface area contributed by atoms with Crippen LogP contribution < -0.4 is 0 Å². The zero-order valence-electron chi connectivity index (χ0n) is 16.6. The molecule has 0 bridgehead atoms. The zero-order valence-corrected chi connectivity index (χ0v) is 18.1. The first-order valence-electron chi connectivity index (χ1n) is 9.70. The Morgan fingerprint density at radius 1 is 1.28 bits per heavy atom. The lowest BCUT2D eigenvalue weighted by atomic mass is 10.0. The van der Waals surface area contributed by atoms with Crippen LogP contribution in [0.5, 0.6) is 0 Å². The second kappa shape index (κ2) is 9.62. The van der Waals surface area contributed by atoms with E-state index < -0.39 is 0 Å². The van der Waals surface area contributed by atoms with E-state index in [1.54, 1.807) is 24.4 Å². The third kappa shape index (κ3) is 5.30. The van der Waals surface area contributed by atoms with Crippen LogP contribution in [-0.4, -0.2) is 52.9 Å². The fourth-order valence-corrected chi connectivity index (χ4v) is 4.02. The molecule has 1 aliphatic rings. The van der Waals surface area contributed by atoms with Crippen LogP contribution >= 0.6 is 23.2 Å². The quantitative estimate of drug-likeness (QED) is 0.678. The number of oxazole rings is 1. The van der Waals surface area contributed by atoms with Crippen LogP contribution in [0.4, 0.5) is 0 Å². The zero-order chi connectivity index (χ0) is 21.0. The number of aromatic nitrogens is 1. The van der Waals surface area contributed by atoms with Gasteiger partial charge >= 0.3 is 0 Å². The first-order valence-corrected chi connectivity index (χ1v) is 10.5. The first kappa shape index (κ1) is 21.6. The van der Waals surface area contributed by atoms with E-state index in [4.69, 9.17) is 27.6 Å².